The van der Waals surface area contributed by atoms with Crippen LogP contribution in [0.3, 0.4) is 0 Å². The smallest absolute Gasteiger partial charge is 0.214 e. The first-order valence-electron chi connectivity index (χ1n) is 5.89. The summed E-state index contributed by atoms with van der Waals surface area (Å²) in [6.07, 6.45) is 0. The molecule has 0 radical (unpaired) electrons. The molecule has 0 saturated heterocycles. The van der Waals surface area contributed by atoms with Crippen molar-refractivity contribution in [2.75, 3.05) is 18.5 Å². The zero-order valence-electron chi connectivity index (χ0n) is 11.5. The molecule has 0 aliphatic rings. The van der Waals surface area contributed by atoms with Crippen LogP contribution in [-0.4, -0.2) is 25.5 Å². The van der Waals surface area contributed by atoms with Crippen LogP contribution in [0.15, 0.2) is 24.3 Å². The molecule has 0 aliphatic carbocycles. The Kier molecular flexibility index (Phi) is 4.40. The van der Waals surface area contributed by atoms with Crippen LogP contribution in [0, 0.1) is 5.41 Å². The van der Waals surface area contributed by atoms with Crippen LogP contribution in [-0.2, 0) is 16.6 Å². The molecule has 0 bridgehead atoms. The van der Waals surface area contributed by atoms with Gasteiger partial charge in [-0.25, -0.2) is 12.7 Å². The second-order valence-corrected chi connectivity index (χ2v) is 7.85. The summed E-state index contributed by atoms with van der Waals surface area (Å²) in [5.41, 5.74) is 7.01. The van der Waals surface area contributed by atoms with Crippen molar-refractivity contribution >= 4 is 15.7 Å². The lowest BCUT2D eigenvalue weighted by Gasteiger charge is -2.24. The molecule has 0 aromatic heterocycles. The van der Waals surface area contributed by atoms with Gasteiger partial charge in [-0.2, -0.15) is 0 Å². The minimum absolute atomic E-state index is 0.128. The second-order valence-electron chi connectivity index (χ2n) is 5.77. The number of nitrogens with zero attached hydrogens (tertiary/aromatic N) is 1. The summed E-state index contributed by atoms with van der Waals surface area (Å²) in [7, 11) is -1.66. The van der Waals surface area contributed by atoms with Gasteiger partial charge in [-0.15, -0.1) is 0 Å². The van der Waals surface area contributed by atoms with Gasteiger partial charge in [0, 0.05) is 19.3 Å². The van der Waals surface area contributed by atoms with Crippen molar-refractivity contribution in [1.82, 2.24) is 4.31 Å². The maximum Gasteiger partial charge on any atom is 0.214 e. The molecule has 0 heterocycles. The van der Waals surface area contributed by atoms with Gasteiger partial charge in [0.1, 0.15) is 0 Å². The van der Waals surface area contributed by atoms with Crippen LogP contribution in [0.1, 0.15) is 26.3 Å². The minimum Gasteiger partial charge on any atom is -0.398 e. The Bertz CT molecular complexity index is 504. The number of sulfonamides is 1. The van der Waals surface area contributed by atoms with Crippen molar-refractivity contribution in [3.05, 3.63) is 29.8 Å². The van der Waals surface area contributed by atoms with Crippen LogP contribution >= 0.6 is 0 Å². The predicted octanol–water partition coefficient (Wildman–Crippen LogP) is 2.08. The van der Waals surface area contributed by atoms with Crippen molar-refractivity contribution in [3.63, 3.8) is 0 Å². The fraction of sp³-hybridized carbons (Fsp3) is 0.538. The Balaban J connectivity index is 2.83. The first-order chi connectivity index (χ1) is 8.12. The third-order valence-corrected chi connectivity index (χ3v) is 4.85. The number of benzene rings is 1. The van der Waals surface area contributed by atoms with E-state index in [4.69, 9.17) is 5.73 Å². The number of hydrogen-bond acceptors (Lipinski definition) is 3. The highest BCUT2D eigenvalue weighted by molar-refractivity contribution is 7.89. The SMILES string of the molecule is CN(Cc1ccccc1N)S(=O)(=O)CC(C)(C)C. The molecule has 1 rings (SSSR count). The van der Waals surface area contributed by atoms with E-state index in [0.29, 0.717) is 12.2 Å². The molecular formula is C13H22N2O2S. The van der Waals surface area contributed by atoms with Gasteiger partial charge in [-0.1, -0.05) is 39.0 Å². The first-order valence-corrected chi connectivity index (χ1v) is 7.50. The molecule has 0 atom stereocenters. The third kappa shape index (κ3) is 4.31. The van der Waals surface area contributed by atoms with Crippen LogP contribution in [0.2, 0.25) is 0 Å². The van der Waals surface area contributed by atoms with Gasteiger partial charge in [0.05, 0.1) is 5.75 Å². The molecule has 2 N–H and O–H groups in total. The molecule has 18 heavy (non-hydrogen) atoms. The lowest BCUT2D eigenvalue weighted by Crippen LogP contribution is -2.34. The molecule has 1 aromatic rings. The largest absolute Gasteiger partial charge is 0.398 e. The molecule has 0 saturated carbocycles. The average Bonchev–Trinajstić information content (AvgIpc) is 2.17. The average molecular weight is 270 g/mol. The molecule has 1 aromatic carbocycles. The molecule has 102 valence electrons. The van der Waals surface area contributed by atoms with Gasteiger partial charge >= 0.3 is 0 Å². The van der Waals surface area contributed by atoms with Crippen LogP contribution < -0.4 is 5.73 Å². The van der Waals surface area contributed by atoms with Crippen molar-refractivity contribution in [2.45, 2.75) is 27.3 Å². The van der Waals surface area contributed by atoms with Gasteiger partial charge in [0.2, 0.25) is 10.0 Å². The Hall–Kier alpha value is -1.07. The van der Waals surface area contributed by atoms with Gasteiger partial charge < -0.3 is 5.73 Å². The monoisotopic (exact) mass is 270 g/mol. The zero-order chi connectivity index (χ0) is 14.0. The maximum absolute atomic E-state index is 12.1. The van der Waals surface area contributed by atoms with Gasteiger partial charge in [0.25, 0.3) is 0 Å². The normalized spacial score (nSPS) is 12.9. The number of hydrogen-bond donors (Lipinski definition) is 1. The fourth-order valence-electron chi connectivity index (χ4n) is 1.67. The summed E-state index contributed by atoms with van der Waals surface area (Å²) in [5.74, 6) is 0.128. The Morgan fingerprint density at radius 1 is 1.22 bits per heavy atom. The first kappa shape index (κ1) is 15.0. The maximum atomic E-state index is 12.1. The summed E-state index contributed by atoms with van der Waals surface area (Å²) in [5, 5.41) is 0. The predicted molar refractivity (Wildman–Crippen MR) is 75.6 cm³/mol. The number of nitrogens with two attached hydrogens (primary N) is 1. The van der Waals surface area contributed by atoms with E-state index in [0.717, 1.165) is 5.56 Å². The van der Waals surface area contributed by atoms with E-state index in [1.165, 1.54) is 4.31 Å². The molecule has 0 aliphatic heterocycles. The standard InChI is InChI=1S/C13H22N2O2S/c1-13(2,3)10-18(16,17)15(4)9-11-7-5-6-8-12(11)14/h5-8H,9-10,14H2,1-4H3. The van der Waals surface area contributed by atoms with Crippen molar-refractivity contribution < 1.29 is 8.42 Å². The van der Waals surface area contributed by atoms with E-state index in [-0.39, 0.29) is 11.2 Å². The summed E-state index contributed by atoms with van der Waals surface area (Å²) in [6, 6.07) is 7.32. The molecule has 0 spiro atoms. The number of rotatable bonds is 4. The minimum atomic E-state index is -3.26. The lowest BCUT2D eigenvalue weighted by molar-refractivity contribution is 0.420. The van der Waals surface area contributed by atoms with E-state index < -0.39 is 10.0 Å². The van der Waals surface area contributed by atoms with Gasteiger partial charge in [-0.3, -0.25) is 0 Å². The number of anilines is 1. The Morgan fingerprint density at radius 3 is 2.28 bits per heavy atom. The third-order valence-electron chi connectivity index (χ3n) is 2.54. The second kappa shape index (κ2) is 5.28. The summed E-state index contributed by atoms with van der Waals surface area (Å²) in [4.78, 5) is 0. The highest BCUT2D eigenvalue weighted by Gasteiger charge is 2.25. The fourth-order valence-corrected chi connectivity index (χ4v) is 3.32. The van der Waals surface area contributed by atoms with Crippen LogP contribution in [0.4, 0.5) is 5.69 Å². The molecule has 5 heteroatoms. The molecule has 0 amide bonds. The topological polar surface area (TPSA) is 63.4 Å². The van der Waals surface area contributed by atoms with E-state index >= 15 is 0 Å². The van der Waals surface area contributed by atoms with Gasteiger partial charge in [-0.05, 0) is 17.0 Å². The van der Waals surface area contributed by atoms with E-state index in [1.807, 2.05) is 39.0 Å². The number of para-hydroxylation sites is 1. The Labute approximate surface area is 110 Å². The van der Waals surface area contributed by atoms with E-state index in [2.05, 4.69) is 0 Å². The lowest BCUT2D eigenvalue weighted by atomic mass is 10.0. The molecule has 0 unspecified atom stereocenters. The highest BCUT2D eigenvalue weighted by Crippen LogP contribution is 2.20. The Morgan fingerprint density at radius 2 is 1.78 bits per heavy atom. The highest BCUT2D eigenvalue weighted by atomic mass is 32.2. The van der Waals surface area contributed by atoms with Gasteiger partial charge in [0.15, 0.2) is 0 Å². The molecular weight excluding hydrogens is 248 g/mol. The van der Waals surface area contributed by atoms with Crippen molar-refractivity contribution in [2.24, 2.45) is 5.41 Å². The van der Waals surface area contributed by atoms with E-state index in [9.17, 15) is 8.42 Å². The summed E-state index contributed by atoms with van der Waals surface area (Å²) in [6.45, 7) is 6.05. The van der Waals surface area contributed by atoms with E-state index in [1.54, 1.807) is 13.1 Å². The summed E-state index contributed by atoms with van der Waals surface area (Å²) >= 11 is 0. The van der Waals surface area contributed by atoms with Crippen LogP contribution in [0.25, 0.3) is 0 Å². The molecule has 4 nitrogen and oxygen atoms in total. The van der Waals surface area contributed by atoms with Crippen molar-refractivity contribution in [1.29, 1.82) is 0 Å². The molecule has 0 fully saturated rings. The van der Waals surface area contributed by atoms with Crippen molar-refractivity contribution in [3.8, 4) is 0 Å². The zero-order valence-corrected chi connectivity index (χ0v) is 12.3. The quantitative estimate of drug-likeness (QED) is 0.852. The van der Waals surface area contributed by atoms with Crippen LogP contribution in [0.5, 0.6) is 0 Å². The number of nitrogen functional groups attached to an aromatic ring is 1. The summed E-state index contributed by atoms with van der Waals surface area (Å²) < 4.78 is 25.7.